The van der Waals surface area contributed by atoms with Crippen LogP contribution in [0.5, 0.6) is 0 Å². The number of ketones is 1. The van der Waals surface area contributed by atoms with Gasteiger partial charge in [0.05, 0.1) is 22.9 Å². The molecule has 1 aromatic heterocycles. The molecule has 168 valence electrons. The Kier molecular flexibility index (Phi) is 5.74. The molecule has 5 rings (SSSR count). The van der Waals surface area contributed by atoms with E-state index in [1.165, 1.54) is 10.6 Å². The van der Waals surface area contributed by atoms with Gasteiger partial charge in [0.2, 0.25) is 0 Å². The van der Waals surface area contributed by atoms with Gasteiger partial charge in [0.25, 0.3) is 0 Å². The highest BCUT2D eigenvalue weighted by molar-refractivity contribution is 6.35. The van der Waals surface area contributed by atoms with Crippen molar-refractivity contribution in [1.29, 1.82) is 0 Å². The van der Waals surface area contributed by atoms with E-state index in [-0.39, 0.29) is 11.6 Å². The predicted molar refractivity (Wildman–Crippen MR) is 126 cm³/mol. The van der Waals surface area contributed by atoms with Crippen LogP contribution in [0.1, 0.15) is 15.9 Å². The fourth-order valence-electron chi connectivity index (χ4n) is 4.18. The number of rotatable bonds is 5. The van der Waals surface area contributed by atoms with Crippen molar-refractivity contribution in [2.45, 2.75) is 6.67 Å². The van der Waals surface area contributed by atoms with Gasteiger partial charge in [0, 0.05) is 37.3 Å². The Labute approximate surface area is 194 Å². The Morgan fingerprint density at radius 1 is 0.970 bits per heavy atom. The van der Waals surface area contributed by atoms with Gasteiger partial charge in [0.15, 0.2) is 11.4 Å². The molecule has 0 aliphatic carbocycles. The molecule has 0 saturated carbocycles. The highest BCUT2D eigenvalue weighted by Gasteiger charge is 2.22. The van der Waals surface area contributed by atoms with E-state index in [1.54, 1.807) is 54.6 Å². The summed E-state index contributed by atoms with van der Waals surface area (Å²) in [6.45, 7) is 2.92. The van der Waals surface area contributed by atoms with Crippen molar-refractivity contribution < 1.29 is 13.6 Å². The summed E-state index contributed by atoms with van der Waals surface area (Å²) in [6.07, 6.45) is 0. The maximum atomic E-state index is 14.1. The predicted octanol–water partition coefficient (Wildman–Crippen LogP) is 4.40. The van der Waals surface area contributed by atoms with Crippen LogP contribution >= 0.6 is 11.6 Å². The quantitative estimate of drug-likeness (QED) is 0.409. The standard InChI is InChI=1S/C25H21ClFN3O3/c26-19-6-2-1-5-18(19)24(31)17-9-10-23-22(15-17)30(25(32)33-23)16-28-11-13-29(14-12-28)21-8-4-3-7-20(21)27/h1-10,15H,11-14,16H2. The number of para-hydroxylation sites is 1. The zero-order chi connectivity index (χ0) is 22.9. The van der Waals surface area contributed by atoms with E-state index in [0.29, 0.717) is 65.8 Å². The first-order chi connectivity index (χ1) is 16.0. The molecule has 1 saturated heterocycles. The summed E-state index contributed by atoms with van der Waals surface area (Å²) in [6, 6.07) is 18.5. The molecule has 0 radical (unpaired) electrons. The van der Waals surface area contributed by atoms with Crippen LogP contribution in [-0.4, -0.2) is 41.4 Å². The molecule has 2 heterocycles. The Morgan fingerprint density at radius 3 is 2.45 bits per heavy atom. The van der Waals surface area contributed by atoms with Crippen LogP contribution in [0.15, 0.2) is 75.9 Å². The number of hydrogen-bond donors (Lipinski definition) is 0. The molecule has 6 nitrogen and oxygen atoms in total. The van der Waals surface area contributed by atoms with Gasteiger partial charge < -0.3 is 9.32 Å². The lowest BCUT2D eigenvalue weighted by molar-refractivity contribution is 0.103. The topological polar surface area (TPSA) is 58.7 Å². The summed E-state index contributed by atoms with van der Waals surface area (Å²) in [7, 11) is 0. The smallest absolute Gasteiger partial charge is 0.408 e. The van der Waals surface area contributed by atoms with Crippen molar-refractivity contribution >= 4 is 34.2 Å². The maximum absolute atomic E-state index is 14.1. The lowest BCUT2D eigenvalue weighted by Crippen LogP contribution is -2.47. The minimum absolute atomic E-state index is 0.221. The molecule has 8 heteroatoms. The molecule has 0 atom stereocenters. The van der Waals surface area contributed by atoms with Crippen molar-refractivity contribution in [1.82, 2.24) is 9.47 Å². The van der Waals surface area contributed by atoms with E-state index >= 15 is 0 Å². The molecule has 0 amide bonds. The zero-order valence-corrected chi connectivity index (χ0v) is 18.5. The molecular weight excluding hydrogens is 445 g/mol. The first kappa shape index (κ1) is 21.4. The third-order valence-electron chi connectivity index (χ3n) is 5.95. The van der Waals surface area contributed by atoms with Gasteiger partial charge in [-0.1, -0.05) is 35.9 Å². The number of aromatic nitrogens is 1. The van der Waals surface area contributed by atoms with Gasteiger partial charge in [-0.15, -0.1) is 0 Å². The Balaban J connectivity index is 1.37. The number of fused-ring (bicyclic) bond motifs is 1. The van der Waals surface area contributed by atoms with Crippen molar-refractivity contribution in [2.24, 2.45) is 0 Å². The van der Waals surface area contributed by atoms with E-state index in [1.807, 2.05) is 11.0 Å². The average molecular weight is 466 g/mol. The SMILES string of the molecule is O=C(c1ccc2oc(=O)n(CN3CCN(c4ccccc4F)CC3)c2c1)c1ccccc1Cl. The highest BCUT2D eigenvalue weighted by atomic mass is 35.5. The van der Waals surface area contributed by atoms with Crippen LogP contribution in [0.4, 0.5) is 10.1 Å². The van der Waals surface area contributed by atoms with E-state index in [4.69, 9.17) is 16.0 Å². The second kappa shape index (κ2) is 8.84. The van der Waals surface area contributed by atoms with Crippen LogP contribution in [-0.2, 0) is 6.67 Å². The molecule has 33 heavy (non-hydrogen) atoms. The van der Waals surface area contributed by atoms with E-state index in [9.17, 15) is 14.0 Å². The Morgan fingerprint density at radius 2 is 1.70 bits per heavy atom. The van der Waals surface area contributed by atoms with Crippen molar-refractivity contribution in [2.75, 3.05) is 31.1 Å². The summed E-state index contributed by atoms with van der Waals surface area (Å²) < 4.78 is 21.0. The molecule has 0 bridgehead atoms. The average Bonchev–Trinajstić information content (AvgIpc) is 3.14. The molecule has 1 aliphatic rings. The van der Waals surface area contributed by atoms with E-state index in [0.717, 1.165) is 0 Å². The number of nitrogens with zero attached hydrogens (tertiary/aromatic N) is 3. The lowest BCUT2D eigenvalue weighted by Gasteiger charge is -2.36. The van der Waals surface area contributed by atoms with Crippen LogP contribution in [0.3, 0.4) is 0 Å². The number of benzene rings is 3. The van der Waals surface area contributed by atoms with Gasteiger partial charge >= 0.3 is 5.76 Å². The van der Waals surface area contributed by atoms with E-state index < -0.39 is 5.76 Å². The van der Waals surface area contributed by atoms with Crippen LogP contribution in [0.25, 0.3) is 11.1 Å². The zero-order valence-electron chi connectivity index (χ0n) is 17.7. The van der Waals surface area contributed by atoms with Gasteiger partial charge in [-0.3, -0.25) is 14.3 Å². The molecule has 0 spiro atoms. The first-order valence-corrected chi connectivity index (χ1v) is 11.0. The van der Waals surface area contributed by atoms with Crippen molar-refractivity contribution in [3.63, 3.8) is 0 Å². The van der Waals surface area contributed by atoms with Gasteiger partial charge in [-0.25, -0.2) is 9.18 Å². The van der Waals surface area contributed by atoms with Gasteiger partial charge in [-0.05, 0) is 42.5 Å². The summed E-state index contributed by atoms with van der Waals surface area (Å²) in [5, 5.41) is 0.375. The fourth-order valence-corrected chi connectivity index (χ4v) is 4.40. The first-order valence-electron chi connectivity index (χ1n) is 10.7. The second-order valence-corrected chi connectivity index (χ2v) is 8.39. The molecule has 1 aliphatic heterocycles. The number of halogens is 2. The Hall–Kier alpha value is -3.42. The number of carbonyl (C=O) groups is 1. The van der Waals surface area contributed by atoms with Gasteiger partial charge in [-0.2, -0.15) is 0 Å². The molecule has 0 N–H and O–H groups in total. The van der Waals surface area contributed by atoms with Crippen molar-refractivity contribution in [3.05, 3.63) is 99.2 Å². The molecule has 0 unspecified atom stereocenters. The summed E-state index contributed by atoms with van der Waals surface area (Å²) in [5.41, 5.74) is 2.38. The van der Waals surface area contributed by atoms with E-state index in [2.05, 4.69) is 4.90 Å². The normalized spacial score (nSPS) is 14.7. The maximum Gasteiger partial charge on any atom is 0.421 e. The lowest BCUT2D eigenvalue weighted by atomic mass is 10.0. The largest absolute Gasteiger partial charge is 0.421 e. The van der Waals surface area contributed by atoms with Crippen LogP contribution in [0.2, 0.25) is 5.02 Å². The molecule has 3 aromatic carbocycles. The summed E-state index contributed by atoms with van der Waals surface area (Å²) in [4.78, 5) is 29.6. The number of anilines is 1. The summed E-state index contributed by atoms with van der Waals surface area (Å²) >= 11 is 6.19. The number of carbonyl (C=O) groups excluding carboxylic acids is 1. The second-order valence-electron chi connectivity index (χ2n) is 7.99. The molecule has 1 fully saturated rings. The highest BCUT2D eigenvalue weighted by Crippen LogP contribution is 2.23. The molecule has 4 aromatic rings. The fraction of sp³-hybridized carbons (Fsp3) is 0.200. The minimum atomic E-state index is -0.483. The Bertz CT molecular complexity index is 1390. The number of hydrogen-bond acceptors (Lipinski definition) is 5. The third kappa shape index (κ3) is 4.17. The summed E-state index contributed by atoms with van der Waals surface area (Å²) in [5.74, 6) is -0.941. The van der Waals surface area contributed by atoms with Crippen molar-refractivity contribution in [3.8, 4) is 0 Å². The van der Waals surface area contributed by atoms with Gasteiger partial charge in [0.1, 0.15) is 5.82 Å². The minimum Gasteiger partial charge on any atom is -0.408 e. The number of oxazole rings is 1. The monoisotopic (exact) mass is 465 g/mol. The molecular formula is C25H21ClFN3O3. The van der Waals surface area contributed by atoms with Crippen LogP contribution in [0, 0.1) is 5.82 Å². The third-order valence-corrected chi connectivity index (χ3v) is 6.28. The van der Waals surface area contributed by atoms with Crippen LogP contribution < -0.4 is 10.7 Å². The number of piperazine rings is 1.